The number of carbonyl (C=O) groups excluding carboxylic acids is 1. The van der Waals surface area contributed by atoms with Gasteiger partial charge in [-0.25, -0.2) is 0 Å². The summed E-state index contributed by atoms with van der Waals surface area (Å²) in [5, 5.41) is 3.20. The van der Waals surface area contributed by atoms with Gasteiger partial charge in [-0.1, -0.05) is 97.3 Å². The van der Waals surface area contributed by atoms with Crippen LogP contribution in [-0.2, 0) is 4.79 Å². The van der Waals surface area contributed by atoms with Crippen LogP contribution in [0, 0.1) is 0 Å². The van der Waals surface area contributed by atoms with Crippen molar-refractivity contribution in [1.82, 2.24) is 10.2 Å². The second-order valence-corrected chi connectivity index (χ2v) is 8.54. The van der Waals surface area contributed by atoms with E-state index < -0.39 is 0 Å². The Kier molecular flexibility index (Phi) is 22.3. The molecule has 0 aliphatic carbocycles. The third-order valence-electron chi connectivity index (χ3n) is 5.73. The average Bonchev–Trinajstić information content (AvgIpc) is 2.70. The highest BCUT2D eigenvalue weighted by Gasteiger charge is 2.12. The number of rotatable bonds is 22. The van der Waals surface area contributed by atoms with Crippen LogP contribution in [0.15, 0.2) is 0 Å². The molecule has 3 heteroatoms. The molecular weight excluding hydrogens is 344 g/mol. The van der Waals surface area contributed by atoms with Gasteiger partial charge < -0.3 is 10.2 Å². The predicted molar refractivity (Wildman–Crippen MR) is 125 cm³/mol. The van der Waals surface area contributed by atoms with E-state index in [4.69, 9.17) is 0 Å². The maximum atomic E-state index is 12.7. The minimum atomic E-state index is 0.414. The lowest BCUT2D eigenvalue weighted by atomic mass is 10.1. The van der Waals surface area contributed by atoms with Crippen LogP contribution in [0.4, 0.5) is 0 Å². The molecule has 0 bridgehead atoms. The fourth-order valence-corrected chi connectivity index (χ4v) is 3.79. The second kappa shape index (κ2) is 22.7. The molecule has 0 radical (unpaired) electrons. The highest BCUT2D eigenvalue weighted by Crippen LogP contribution is 2.12. The number of nitrogens with zero attached hydrogens (tertiary/aromatic N) is 1. The molecule has 1 amide bonds. The van der Waals surface area contributed by atoms with Crippen LogP contribution in [0.1, 0.15) is 129 Å². The average molecular weight is 397 g/mol. The summed E-state index contributed by atoms with van der Waals surface area (Å²) in [6, 6.07) is 0. The Morgan fingerprint density at radius 2 is 1.04 bits per heavy atom. The molecule has 0 unspecified atom stereocenters. The zero-order valence-corrected chi connectivity index (χ0v) is 19.7. The van der Waals surface area contributed by atoms with Crippen molar-refractivity contribution in [3.8, 4) is 0 Å². The largest absolute Gasteiger partial charge is 0.343 e. The van der Waals surface area contributed by atoms with Gasteiger partial charge in [0.15, 0.2) is 0 Å². The van der Waals surface area contributed by atoms with Crippen molar-refractivity contribution in [2.24, 2.45) is 0 Å². The van der Waals surface area contributed by atoms with Crippen LogP contribution in [-0.4, -0.2) is 37.5 Å². The first-order chi connectivity index (χ1) is 13.8. The molecule has 0 saturated heterocycles. The molecule has 0 fully saturated rings. The normalized spacial score (nSPS) is 11.1. The van der Waals surface area contributed by atoms with Gasteiger partial charge in [-0.2, -0.15) is 0 Å². The maximum Gasteiger partial charge on any atom is 0.222 e. The topological polar surface area (TPSA) is 32.3 Å². The SMILES string of the molecule is CCCCCCCCN(CCCCCCCC)C(=O)CCCCCCCNC. The number of amides is 1. The number of nitrogens with one attached hydrogen (secondary N) is 1. The Morgan fingerprint density at radius 3 is 1.54 bits per heavy atom. The summed E-state index contributed by atoms with van der Waals surface area (Å²) in [5.41, 5.74) is 0. The monoisotopic (exact) mass is 396 g/mol. The molecule has 0 aromatic heterocycles. The fraction of sp³-hybridized carbons (Fsp3) is 0.960. The van der Waals surface area contributed by atoms with Crippen LogP contribution in [0.25, 0.3) is 0 Å². The van der Waals surface area contributed by atoms with Crippen molar-refractivity contribution in [2.45, 2.75) is 129 Å². The van der Waals surface area contributed by atoms with E-state index in [-0.39, 0.29) is 0 Å². The Hall–Kier alpha value is -0.570. The number of unbranched alkanes of at least 4 members (excludes halogenated alkanes) is 14. The Morgan fingerprint density at radius 1 is 0.607 bits per heavy atom. The molecule has 0 rings (SSSR count). The molecule has 1 N–H and O–H groups in total. The van der Waals surface area contributed by atoms with Crippen molar-refractivity contribution in [3.05, 3.63) is 0 Å². The Bertz CT molecular complexity index is 304. The summed E-state index contributed by atoms with van der Waals surface area (Å²) in [7, 11) is 2.01. The van der Waals surface area contributed by atoms with Gasteiger partial charge in [0.05, 0.1) is 0 Å². The quantitative estimate of drug-likeness (QED) is 0.198. The summed E-state index contributed by atoms with van der Waals surface area (Å²) >= 11 is 0. The molecule has 0 saturated carbocycles. The van der Waals surface area contributed by atoms with Gasteiger partial charge in [-0.3, -0.25) is 4.79 Å². The van der Waals surface area contributed by atoms with E-state index in [1.165, 1.54) is 103 Å². The third kappa shape index (κ3) is 18.8. The lowest BCUT2D eigenvalue weighted by Crippen LogP contribution is -2.32. The van der Waals surface area contributed by atoms with E-state index in [1.54, 1.807) is 0 Å². The number of hydrogen-bond acceptors (Lipinski definition) is 2. The molecule has 0 aromatic carbocycles. The lowest BCUT2D eigenvalue weighted by Gasteiger charge is -2.23. The van der Waals surface area contributed by atoms with Crippen LogP contribution in [0.3, 0.4) is 0 Å². The molecule has 0 spiro atoms. The van der Waals surface area contributed by atoms with E-state index in [0.29, 0.717) is 5.91 Å². The Labute approximate surface area is 177 Å². The molecule has 0 aliphatic heterocycles. The van der Waals surface area contributed by atoms with Gasteiger partial charge in [-0.05, 0) is 39.3 Å². The van der Waals surface area contributed by atoms with Gasteiger partial charge >= 0.3 is 0 Å². The smallest absolute Gasteiger partial charge is 0.222 e. The minimum Gasteiger partial charge on any atom is -0.343 e. The number of carbonyl (C=O) groups is 1. The minimum absolute atomic E-state index is 0.414. The van der Waals surface area contributed by atoms with Crippen molar-refractivity contribution in [1.29, 1.82) is 0 Å². The van der Waals surface area contributed by atoms with E-state index in [2.05, 4.69) is 24.1 Å². The first-order valence-corrected chi connectivity index (χ1v) is 12.7. The van der Waals surface area contributed by atoms with Gasteiger partial charge in [0.25, 0.3) is 0 Å². The Balaban J connectivity index is 4.01. The van der Waals surface area contributed by atoms with Crippen molar-refractivity contribution in [3.63, 3.8) is 0 Å². The van der Waals surface area contributed by atoms with Gasteiger partial charge in [0.1, 0.15) is 0 Å². The van der Waals surface area contributed by atoms with Gasteiger partial charge in [-0.15, -0.1) is 0 Å². The molecule has 168 valence electrons. The lowest BCUT2D eigenvalue weighted by molar-refractivity contribution is -0.131. The molecule has 0 heterocycles. The summed E-state index contributed by atoms with van der Waals surface area (Å²) in [5.74, 6) is 0.414. The third-order valence-corrected chi connectivity index (χ3v) is 5.73. The summed E-state index contributed by atoms with van der Waals surface area (Å²) in [6.07, 6.45) is 22.5. The van der Waals surface area contributed by atoms with Crippen molar-refractivity contribution < 1.29 is 4.79 Å². The molecule has 3 nitrogen and oxygen atoms in total. The molecule has 28 heavy (non-hydrogen) atoms. The van der Waals surface area contributed by atoms with Gasteiger partial charge in [0.2, 0.25) is 5.91 Å². The summed E-state index contributed by atoms with van der Waals surface area (Å²) in [6.45, 7) is 7.62. The van der Waals surface area contributed by atoms with Crippen LogP contribution < -0.4 is 5.32 Å². The van der Waals surface area contributed by atoms with E-state index in [0.717, 1.165) is 32.5 Å². The van der Waals surface area contributed by atoms with E-state index in [1.807, 2.05) is 7.05 Å². The van der Waals surface area contributed by atoms with Crippen LogP contribution in [0.5, 0.6) is 0 Å². The fourth-order valence-electron chi connectivity index (χ4n) is 3.79. The zero-order chi connectivity index (χ0) is 20.7. The summed E-state index contributed by atoms with van der Waals surface area (Å²) in [4.78, 5) is 14.9. The molecule has 0 atom stereocenters. The standard InChI is InChI=1S/C25H52N2O/c1-4-6-8-10-15-19-23-27(24-20-16-11-9-7-5-2)25(28)21-17-13-12-14-18-22-26-3/h26H,4-24H2,1-3H3. The highest BCUT2D eigenvalue weighted by atomic mass is 16.2. The summed E-state index contributed by atoms with van der Waals surface area (Å²) < 4.78 is 0. The molecule has 0 aromatic rings. The molecule has 0 aliphatic rings. The molecular formula is C25H52N2O. The first-order valence-electron chi connectivity index (χ1n) is 12.7. The van der Waals surface area contributed by atoms with Crippen molar-refractivity contribution in [2.75, 3.05) is 26.7 Å². The van der Waals surface area contributed by atoms with E-state index in [9.17, 15) is 4.79 Å². The predicted octanol–water partition coefficient (Wildman–Crippen LogP) is 7.10. The van der Waals surface area contributed by atoms with Crippen LogP contribution >= 0.6 is 0 Å². The highest BCUT2D eigenvalue weighted by molar-refractivity contribution is 5.76. The van der Waals surface area contributed by atoms with Crippen LogP contribution in [0.2, 0.25) is 0 Å². The second-order valence-electron chi connectivity index (χ2n) is 8.54. The van der Waals surface area contributed by atoms with E-state index >= 15 is 0 Å². The van der Waals surface area contributed by atoms with Crippen molar-refractivity contribution >= 4 is 5.91 Å². The zero-order valence-electron chi connectivity index (χ0n) is 19.7. The number of hydrogen-bond donors (Lipinski definition) is 1. The first kappa shape index (κ1) is 27.4. The van der Waals surface area contributed by atoms with Gasteiger partial charge in [0, 0.05) is 19.5 Å². The maximum absolute atomic E-state index is 12.7.